The number of nitrogens with zero attached hydrogens (tertiary/aromatic N) is 5. The molecule has 0 aliphatic rings. The molecule has 0 unspecified atom stereocenters. The van der Waals surface area contributed by atoms with Gasteiger partial charge in [-0.05, 0) is 24.1 Å². The molecule has 27 heavy (non-hydrogen) atoms. The Hall–Kier alpha value is -3.16. The molecule has 1 N–H and O–H groups in total. The number of aromatic nitrogens is 6. The highest BCUT2D eigenvalue weighted by atomic mass is 16.5. The SMILES string of the molecule is CCCCCn1c2nc[nH]c2c(=O)n2c(Cc3ccc(OC)cc3)nnc12. The van der Waals surface area contributed by atoms with Gasteiger partial charge in [-0.15, -0.1) is 10.2 Å². The van der Waals surface area contributed by atoms with E-state index in [0.717, 1.165) is 37.1 Å². The standard InChI is InChI=1S/C19H22N6O2/c1-3-4-5-10-24-17-16(20-12-21-17)18(26)25-15(22-23-19(24)25)11-13-6-8-14(27-2)9-7-13/h6-9,12H,3-5,10-11H2,1-2H3,(H,20,21). The molecule has 4 rings (SSSR count). The monoisotopic (exact) mass is 366 g/mol. The second-order valence-corrected chi connectivity index (χ2v) is 6.54. The number of fused-ring (bicyclic) bond motifs is 2. The number of aryl methyl sites for hydroxylation is 1. The average molecular weight is 366 g/mol. The minimum Gasteiger partial charge on any atom is -0.497 e. The molecule has 0 atom stereocenters. The topological polar surface area (TPSA) is 90.1 Å². The third-order valence-electron chi connectivity index (χ3n) is 4.75. The molecule has 0 aliphatic heterocycles. The molecule has 0 amide bonds. The van der Waals surface area contributed by atoms with E-state index in [0.29, 0.717) is 29.2 Å². The lowest BCUT2D eigenvalue weighted by molar-refractivity contribution is 0.414. The average Bonchev–Trinajstić information content (AvgIpc) is 3.33. The molecule has 140 valence electrons. The van der Waals surface area contributed by atoms with Gasteiger partial charge in [0.15, 0.2) is 5.65 Å². The quantitative estimate of drug-likeness (QED) is 0.508. The summed E-state index contributed by atoms with van der Waals surface area (Å²) in [6.45, 7) is 2.91. The zero-order valence-corrected chi connectivity index (χ0v) is 15.5. The van der Waals surface area contributed by atoms with Crippen LogP contribution in [0.3, 0.4) is 0 Å². The zero-order valence-electron chi connectivity index (χ0n) is 15.5. The van der Waals surface area contributed by atoms with Crippen molar-refractivity contribution in [1.82, 2.24) is 29.1 Å². The summed E-state index contributed by atoms with van der Waals surface area (Å²) >= 11 is 0. The number of hydrogen-bond donors (Lipinski definition) is 1. The summed E-state index contributed by atoms with van der Waals surface area (Å²) in [5, 5.41) is 8.62. The number of imidazole rings is 1. The summed E-state index contributed by atoms with van der Waals surface area (Å²) < 4.78 is 8.77. The minimum absolute atomic E-state index is 0.169. The van der Waals surface area contributed by atoms with E-state index in [1.807, 2.05) is 28.8 Å². The van der Waals surface area contributed by atoms with E-state index >= 15 is 0 Å². The zero-order chi connectivity index (χ0) is 18.8. The van der Waals surface area contributed by atoms with Crippen LogP contribution < -0.4 is 10.3 Å². The Labute approximate surface area is 155 Å². The van der Waals surface area contributed by atoms with E-state index in [2.05, 4.69) is 27.1 Å². The van der Waals surface area contributed by atoms with Gasteiger partial charge in [-0.25, -0.2) is 9.38 Å². The van der Waals surface area contributed by atoms with Gasteiger partial charge in [-0.2, -0.15) is 0 Å². The first-order valence-corrected chi connectivity index (χ1v) is 9.15. The van der Waals surface area contributed by atoms with E-state index < -0.39 is 0 Å². The van der Waals surface area contributed by atoms with Gasteiger partial charge in [-0.3, -0.25) is 9.36 Å². The molecule has 3 aromatic heterocycles. The van der Waals surface area contributed by atoms with Crippen LogP contribution in [0.1, 0.15) is 37.6 Å². The van der Waals surface area contributed by atoms with Gasteiger partial charge in [0.25, 0.3) is 5.56 Å². The lowest BCUT2D eigenvalue weighted by Gasteiger charge is -2.09. The van der Waals surface area contributed by atoms with Crippen LogP contribution in [0.15, 0.2) is 35.4 Å². The third-order valence-corrected chi connectivity index (χ3v) is 4.75. The Bertz CT molecular complexity index is 1120. The van der Waals surface area contributed by atoms with Gasteiger partial charge in [0.1, 0.15) is 17.1 Å². The van der Waals surface area contributed by atoms with E-state index in [1.165, 1.54) is 0 Å². The van der Waals surface area contributed by atoms with E-state index in [4.69, 9.17) is 4.74 Å². The van der Waals surface area contributed by atoms with E-state index in [1.54, 1.807) is 17.8 Å². The highest BCUT2D eigenvalue weighted by Gasteiger charge is 2.18. The molecule has 0 saturated heterocycles. The van der Waals surface area contributed by atoms with Crippen molar-refractivity contribution in [2.24, 2.45) is 0 Å². The van der Waals surface area contributed by atoms with Crippen LogP contribution in [0, 0.1) is 0 Å². The minimum atomic E-state index is -0.169. The first kappa shape index (κ1) is 17.3. The van der Waals surface area contributed by atoms with Gasteiger partial charge < -0.3 is 9.72 Å². The number of rotatable bonds is 7. The molecule has 8 nitrogen and oxygen atoms in total. The fraction of sp³-hybridized carbons (Fsp3) is 0.368. The molecule has 0 fully saturated rings. The maximum Gasteiger partial charge on any atom is 0.286 e. The van der Waals surface area contributed by atoms with Gasteiger partial charge in [0.2, 0.25) is 5.78 Å². The van der Waals surface area contributed by atoms with Crippen molar-refractivity contribution in [1.29, 1.82) is 0 Å². The van der Waals surface area contributed by atoms with Crippen molar-refractivity contribution in [3.05, 3.63) is 52.3 Å². The Kier molecular flexibility index (Phi) is 4.62. The van der Waals surface area contributed by atoms with Crippen LogP contribution >= 0.6 is 0 Å². The Morgan fingerprint density at radius 3 is 2.70 bits per heavy atom. The van der Waals surface area contributed by atoms with E-state index in [-0.39, 0.29) is 5.56 Å². The second kappa shape index (κ2) is 7.22. The summed E-state index contributed by atoms with van der Waals surface area (Å²) in [7, 11) is 1.64. The van der Waals surface area contributed by atoms with Gasteiger partial charge >= 0.3 is 0 Å². The molecular weight excluding hydrogens is 344 g/mol. The first-order chi connectivity index (χ1) is 13.2. The Morgan fingerprint density at radius 2 is 1.96 bits per heavy atom. The highest BCUT2D eigenvalue weighted by molar-refractivity contribution is 5.72. The molecular formula is C19H22N6O2. The molecule has 1 aromatic carbocycles. The molecule has 0 aliphatic carbocycles. The summed E-state index contributed by atoms with van der Waals surface area (Å²) in [5.41, 5.74) is 1.98. The largest absolute Gasteiger partial charge is 0.497 e. The number of benzene rings is 1. The van der Waals surface area contributed by atoms with Crippen LogP contribution in [0.4, 0.5) is 0 Å². The van der Waals surface area contributed by atoms with E-state index in [9.17, 15) is 4.79 Å². The molecule has 3 heterocycles. The van der Waals surface area contributed by atoms with Crippen LogP contribution in [0.5, 0.6) is 5.75 Å². The Balaban J connectivity index is 1.80. The molecule has 8 heteroatoms. The summed E-state index contributed by atoms with van der Waals surface area (Å²) in [4.78, 5) is 20.3. The molecule has 4 aromatic rings. The Morgan fingerprint density at radius 1 is 1.15 bits per heavy atom. The second-order valence-electron chi connectivity index (χ2n) is 6.54. The number of methoxy groups -OCH3 is 1. The number of nitrogens with one attached hydrogen (secondary N) is 1. The maximum atomic E-state index is 13.0. The number of H-pyrrole nitrogens is 1. The van der Waals surface area contributed by atoms with Gasteiger partial charge in [0, 0.05) is 13.0 Å². The molecule has 0 bridgehead atoms. The fourth-order valence-electron chi connectivity index (χ4n) is 3.31. The van der Waals surface area contributed by atoms with Crippen LogP contribution in [-0.2, 0) is 13.0 Å². The third kappa shape index (κ3) is 3.07. The van der Waals surface area contributed by atoms with Crippen molar-refractivity contribution in [2.75, 3.05) is 7.11 Å². The van der Waals surface area contributed by atoms with Crippen molar-refractivity contribution in [3.63, 3.8) is 0 Å². The summed E-state index contributed by atoms with van der Waals surface area (Å²) in [6.07, 6.45) is 5.29. The first-order valence-electron chi connectivity index (χ1n) is 9.15. The molecule has 0 radical (unpaired) electrons. The number of unbranched alkanes of at least 4 members (excludes halogenated alkanes) is 2. The predicted molar refractivity (Wildman–Crippen MR) is 102 cm³/mol. The van der Waals surface area contributed by atoms with Crippen molar-refractivity contribution < 1.29 is 4.74 Å². The van der Waals surface area contributed by atoms with Gasteiger partial charge in [-0.1, -0.05) is 31.9 Å². The predicted octanol–water partition coefficient (Wildman–Crippen LogP) is 2.56. The lowest BCUT2D eigenvalue weighted by atomic mass is 10.1. The van der Waals surface area contributed by atoms with Crippen molar-refractivity contribution in [2.45, 2.75) is 39.2 Å². The maximum absolute atomic E-state index is 13.0. The van der Waals surface area contributed by atoms with Crippen LogP contribution in [0.2, 0.25) is 0 Å². The molecule has 0 spiro atoms. The van der Waals surface area contributed by atoms with Crippen LogP contribution in [-0.4, -0.2) is 36.2 Å². The number of aromatic amines is 1. The van der Waals surface area contributed by atoms with Gasteiger partial charge in [0.05, 0.1) is 13.4 Å². The highest BCUT2D eigenvalue weighted by Crippen LogP contribution is 2.16. The molecule has 0 saturated carbocycles. The summed E-state index contributed by atoms with van der Waals surface area (Å²) in [6, 6.07) is 7.73. The number of hydrogen-bond acceptors (Lipinski definition) is 5. The lowest BCUT2D eigenvalue weighted by Crippen LogP contribution is -2.21. The van der Waals surface area contributed by atoms with Crippen molar-refractivity contribution >= 4 is 16.9 Å². The van der Waals surface area contributed by atoms with Crippen LogP contribution in [0.25, 0.3) is 16.9 Å². The number of ether oxygens (including phenoxy) is 1. The smallest absolute Gasteiger partial charge is 0.286 e. The fourth-order valence-corrected chi connectivity index (χ4v) is 3.31. The summed E-state index contributed by atoms with van der Waals surface area (Å²) in [5.74, 6) is 1.95. The van der Waals surface area contributed by atoms with Crippen molar-refractivity contribution in [3.8, 4) is 5.75 Å². The normalized spacial score (nSPS) is 11.5.